The molecule has 0 bridgehead atoms. The predicted molar refractivity (Wildman–Crippen MR) is 178 cm³/mol. The van der Waals surface area contributed by atoms with Gasteiger partial charge in [-0.1, -0.05) is 24.8 Å². The second kappa shape index (κ2) is 16.4. The van der Waals surface area contributed by atoms with Crippen molar-refractivity contribution in [2.45, 2.75) is 39.2 Å². The van der Waals surface area contributed by atoms with Crippen molar-refractivity contribution in [3.8, 4) is 11.8 Å². The van der Waals surface area contributed by atoms with Gasteiger partial charge in [0.25, 0.3) is 0 Å². The number of anilines is 4. The Kier molecular flexibility index (Phi) is 12.7. The number of nitrogens with one attached hydrogen (secondary N) is 3. The van der Waals surface area contributed by atoms with E-state index in [-0.39, 0.29) is 11.8 Å². The summed E-state index contributed by atoms with van der Waals surface area (Å²) in [4.78, 5) is 39.1. The number of fused-ring (bicyclic) bond motifs is 1. The highest BCUT2D eigenvalue weighted by Gasteiger charge is 2.20. The molecule has 2 aromatic heterocycles. The monoisotopic (exact) mass is 620 g/mol. The number of hydrogen-bond donors (Lipinski definition) is 3. The maximum atomic E-state index is 15.0. The van der Waals surface area contributed by atoms with Crippen molar-refractivity contribution >= 4 is 46.0 Å². The highest BCUT2D eigenvalue weighted by molar-refractivity contribution is 5.94. The SMILES string of the molecule is CCCNc1nc(Nc2cc(F)c3c(c2)c(N(C)C)nn3C)ncc1C#CCCCNC(=O)[C@H](C)N(C)C(=O)/C=C/CN(C)C. The molecule has 3 N–H and O–H groups in total. The largest absolute Gasteiger partial charge is 0.369 e. The highest BCUT2D eigenvalue weighted by atomic mass is 19.1. The fourth-order valence-corrected chi connectivity index (χ4v) is 4.33. The highest BCUT2D eigenvalue weighted by Crippen LogP contribution is 2.30. The van der Waals surface area contributed by atoms with Gasteiger partial charge >= 0.3 is 0 Å². The Hall–Kier alpha value is -4.70. The first-order valence-corrected chi connectivity index (χ1v) is 15.0. The molecule has 0 unspecified atom stereocenters. The molecule has 0 aliphatic rings. The average molecular weight is 621 g/mol. The van der Waals surface area contributed by atoms with Gasteiger partial charge in [-0.2, -0.15) is 10.1 Å². The van der Waals surface area contributed by atoms with Crippen LogP contribution in [0.15, 0.2) is 30.5 Å². The first-order valence-electron chi connectivity index (χ1n) is 15.0. The van der Waals surface area contributed by atoms with Crippen molar-refractivity contribution < 1.29 is 14.0 Å². The molecule has 242 valence electrons. The van der Waals surface area contributed by atoms with Gasteiger partial charge in [0.15, 0.2) is 11.6 Å². The molecule has 12 nitrogen and oxygen atoms in total. The van der Waals surface area contributed by atoms with Gasteiger partial charge in [-0.25, -0.2) is 9.37 Å². The number of likely N-dealkylation sites (N-methyl/N-ethyl adjacent to an activating group) is 2. The molecule has 2 heterocycles. The lowest BCUT2D eigenvalue weighted by Crippen LogP contribution is -2.45. The Morgan fingerprint density at radius 2 is 1.91 bits per heavy atom. The fraction of sp³-hybridized carbons (Fsp3) is 0.469. The number of nitrogens with zero attached hydrogens (tertiary/aromatic N) is 7. The molecule has 3 aromatic rings. The summed E-state index contributed by atoms with van der Waals surface area (Å²) in [7, 11) is 10.9. The fourth-order valence-electron chi connectivity index (χ4n) is 4.33. The van der Waals surface area contributed by atoms with Crippen molar-refractivity contribution in [2.24, 2.45) is 7.05 Å². The van der Waals surface area contributed by atoms with Gasteiger partial charge in [0, 0.05) is 71.4 Å². The predicted octanol–water partition coefficient (Wildman–Crippen LogP) is 3.35. The van der Waals surface area contributed by atoms with Crippen molar-refractivity contribution in [2.75, 3.05) is 70.4 Å². The number of halogens is 1. The topological polar surface area (TPSA) is 124 Å². The summed E-state index contributed by atoms with van der Waals surface area (Å²) in [5.74, 6) is 6.95. The Labute approximate surface area is 265 Å². The summed E-state index contributed by atoms with van der Waals surface area (Å²) >= 11 is 0. The number of amides is 2. The lowest BCUT2D eigenvalue weighted by molar-refractivity contribution is -0.135. The zero-order valence-corrected chi connectivity index (χ0v) is 27.5. The van der Waals surface area contributed by atoms with Crippen molar-refractivity contribution in [3.05, 3.63) is 41.9 Å². The van der Waals surface area contributed by atoms with Gasteiger partial charge in [-0.05, 0) is 46.0 Å². The standard InChI is InChI=1S/C32H45FN10O2/c1-9-16-34-29-23(14-11-10-12-17-35-31(45)22(2)42(7)27(44)15-13-18-40(3)4)21-36-32(38-29)37-24-19-25-28(26(33)20-24)43(8)39-30(25)41(5)6/h13,15,19-22H,9-10,12,16-18H2,1-8H3,(H,35,45)(H2,34,36,37,38)/b15-13+/t22-/m0/s1. The molecule has 45 heavy (non-hydrogen) atoms. The van der Waals surface area contributed by atoms with Crippen molar-refractivity contribution in [1.29, 1.82) is 0 Å². The van der Waals surface area contributed by atoms with Gasteiger partial charge in [0.05, 0.1) is 11.8 Å². The Morgan fingerprint density at radius 1 is 1.16 bits per heavy atom. The summed E-state index contributed by atoms with van der Waals surface area (Å²) < 4.78 is 16.5. The Bertz CT molecular complexity index is 1570. The third-order valence-corrected chi connectivity index (χ3v) is 6.92. The summed E-state index contributed by atoms with van der Waals surface area (Å²) in [5, 5.41) is 14.4. The Morgan fingerprint density at radius 3 is 2.60 bits per heavy atom. The Balaban J connectivity index is 1.61. The van der Waals surface area contributed by atoms with Crippen LogP contribution in [0.3, 0.4) is 0 Å². The van der Waals surface area contributed by atoms with E-state index < -0.39 is 11.9 Å². The van der Waals surface area contributed by atoms with E-state index >= 15 is 4.39 Å². The second-order valence-corrected chi connectivity index (χ2v) is 11.2. The van der Waals surface area contributed by atoms with Crippen LogP contribution < -0.4 is 20.9 Å². The van der Waals surface area contributed by atoms with Crippen LogP contribution in [0.4, 0.5) is 27.7 Å². The molecule has 0 aliphatic carbocycles. The lowest BCUT2D eigenvalue weighted by Gasteiger charge is -2.23. The molecule has 0 fully saturated rings. The zero-order chi connectivity index (χ0) is 33.1. The van der Waals surface area contributed by atoms with Crippen LogP contribution in [0.1, 0.15) is 38.7 Å². The smallest absolute Gasteiger partial charge is 0.246 e. The minimum Gasteiger partial charge on any atom is -0.369 e. The number of carbonyl (C=O) groups excluding carboxylic acids is 2. The van der Waals surface area contributed by atoms with Gasteiger partial charge in [-0.15, -0.1) is 0 Å². The van der Waals surface area contributed by atoms with E-state index in [1.165, 1.54) is 21.7 Å². The third kappa shape index (κ3) is 9.64. The normalized spacial score (nSPS) is 11.8. The van der Waals surface area contributed by atoms with Crippen LogP contribution in [0.25, 0.3) is 10.9 Å². The maximum absolute atomic E-state index is 15.0. The number of aromatic nitrogens is 4. The minimum atomic E-state index is -0.595. The van der Waals surface area contributed by atoms with Crippen LogP contribution in [0, 0.1) is 17.7 Å². The molecule has 13 heteroatoms. The second-order valence-electron chi connectivity index (χ2n) is 11.2. The number of rotatable bonds is 14. The van der Waals surface area contributed by atoms with E-state index in [1.54, 1.807) is 33.3 Å². The number of hydrogen-bond acceptors (Lipinski definition) is 9. The molecule has 0 saturated heterocycles. The first-order chi connectivity index (χ1) is 21.4. The van der Waals surface area contributed by atoms with Gasteiger partial charge in [-0.3, -0.25) is 14.3 Å². The third-order valence-electron chi connectivity index (χ3n) is 6.92. The van der Waals surface area contributed by atoms with Crippen LogP contribution in [0.2, 0.25) is 0 Å². The van der Waals surface area contributed by atoms with E-state index in [9.17, 15) is 9.59 Å². The van der Waals surface area contributed by atoms with Gasteiger partial charge < -0.3 is 30.7 Å². The van der Waals surface area contributed by atoms with Crippen LogP contribution >= 0.6 is 0 Å². The van der Waals surface area contributed by atoms with E-state index in [4.69, 9.17) is 0 Å². The number of unbranched alkanes of at least 4 members (excludes halogenated alkanes) is 1. The van der Waals surface area contributed by atoms with Gasteiger partial charge in [0.1, 0.15) is 17.4 Å². The summed E-state index contributed by atoms with van der Waals surface area (Å²) in [5.41, 5.74) is 1.56. The molecule has 1 atom stereocenters. The number of carbonyl (C=O) groups is 2. The minimum absolute atomic E-state index is 0.220. The molecule has 2 amide bonds. The molecule has 0 spiro atoms. The molecule has 3 rings (SSSR count). The number of aryl methyl sites for hydroxylation is 1. The summed E-state index contributed by atoms with van der Waals surface area (Å²) in [6.07, 6.45) is 6.96. The van der Waals surface area contributed by atoms with Gasteiger partial charge in [0.2, 0.25) is 17.8 Å². The quantitative estimate of drug-likeness (QED) is 0.141. The number of benzene rings is 1. The summed E-state index contributed by atoms with van der Waals surface area (Å²) in [6, 6.07) is 2.64. The lowest BCUT2D eigenvalue weighted by atomic mass is 10.2. The molecule has 0 saturated carbocycles. The van der Waals surface area contributed by atoms with Crippen molar-refractivity contribution in [1.82, 2.24) is 34.9 Å². The molecular formula is C32H45FN10O2. The van der Waals surface area contributed by atoms with Crippen LogP contribution in [-0.4, -0.2) is 102 Å². The van der Waals surface area contributed by atoms with Crippen LogP contribution in [0.5, 0.6) is 0 Å². The first kappa shape index (κ1) is 34.8. The van der Waals surface area contributed by atoms with E-state index in [0.717, 1.165) is 6.42 Å². The van der Waals surface area contributed by atoms with Crippen molar-refractivity contribution in [3.63, 3.8) is 0 Å². The van der Waals surface area contributed by atoms with Crippen LogP contribution in [-0.2, 0) is 16.6 Å². The average Bonchev–Trinajstić information content (AvgIpc) is 3.34. The van der Waals surface area contributed by atoms with E-state index in [1.807, 2.05) is 44.1 Å². The maximum Gasteiger partial charge on any atom is 0.246 e. The summed E-state index contributed by atoms with van der Waals surface area (Å²) in [6.45, 7) is 5.53. The molecule has 1 aromatic carbocycles. The molecule has 0 aliphatic heterocycles. The van der Waals surface area contributed by atoms with E-state index in [2.05, 4.69) is 49.8 Å². The molecular weight excluding hydrogens is 575 g/mol. The molecule has 0 radical (unpaired) electrons. The van der Waals surface area contributed by atoms with E-state index in [0.29, 0.717) is 72.2 Å². The zero-order valence-electron chi connectivity index (χ0n) is 27.5.